The van der Waals surface area contributed by atoms with Gasteiger partial charge in [-0.05, 0) is 24.6 Å². The van der Waals surface area contributed by atoms with Gasteiger partial charge >= 0.3 is 0 Å². The van der Waals surface area contributed by atoms with Gasteiger partial charge in [0.05, 0.1) is 0 Å². The third-order valence-corrected chi connectivity index (χ3v) is 1.91. The van der Waals surface area contributed by atoms with Crippen molar-refractivity contribution in [2.24, 2.45) is 0 Å². The summed E-state index contributed by atoms with van der Waals surface area (Å²) in [4.78, 5) is 10.8. The fraction of sp³-hybridized carbons (Fsp3) is 0.300. The molecular formula is C10H14N2O. The molecule has 0 aromatic heterocycles. The molecule has 0 spiro atoms. The molecule has 0 saturated heterocycles. The predicted octanol–water partition coefficient (Wildman–Crippen LogP) is 2.00. The minimum Gasteiger partial charge on any atom is -0.388 e. The van der Waals surface area contributed by atoms with Crippen molar-refractivity contribution in [2.45, 2.75) is 13.8 Å². The minimum absolute atomic E-state index is 0.0450. The number of amides is 1. The molecule has 0 bridgehead atoms. The molecule has 0 aliphatic rings. The number of rotatable bonds is 2. The monoisotopic (exact) mass is 178 g/mol. The van der Waals surface area contributed by atoms with Crippen LogP contribution in [-0.2, 0) is 4.79 Å². The summed E-state index contributed by atoms with van der Waals surface area (Å²) in [5.74, 6) is -0.0450. The number of benzene rings is 1. The van der Waals surface area contributed by atoms with Crippen LogP contribution in [0.4, 0.5) is 11.4 Å². The molecule has 0 aliphatic heterocycles. The average Bonchev–Trinajstić information content (AvgIpc) is 2.08. The molecule has 70 valence electrons. The molecule has 0 saturated carbocycles. The van der Waals surface area contributed by atoms with E-state index in [1.807, 2.05) is 32.2 Å². The van der Waals surface area contributed by atoms with Gasteiger partial charge < -0.3 is 10.6 Å². The van der Waals surface area contributed by atoms with Crippen molar-refractivity contribution >= 4 is 17.3 Å². The second kappa shape index (κ2) is 3.94. The third kappa shape index (κ3) is 2.21. The van der Waals surface area contributed by atoms with Crippen LogP contribution in [0.5, 0.6) is 0 Å². The first kappa shape index (κ1) is 9.58. The Morgan fingerprint density at radius 2 is 1.92 bits per heavy atom. The largest absolute Gasteiger partial charge is 0.388 e. The number of anilines is 2. The Labute approximate surface area is 78.2 Å². The molecule has 1 aromatic rings. The van der Waals surface area contributed by atoms with E-state index in [1.165, 1.54) is 6.92 Å². The van der Waals surface area contributed by atoms with Gasteiger partial charge in [-0.1, -0.05) is 6.07 Å². The van der Waals surface area contributed by atoms with Gasteiger partial charge in [0.1, 0.15) is 0 Å². The fourth-order valence-corrected chi connectivity index (χ4v) is 1.23. The zero-order valence-corrected chi connectivity index (χ0v) is 8.14. The van der Waals surface area contributed by atoms with Crippen molar-refractivity contribution in [1.29, 1.82) is 0 Å². The van der Waals surface area contributed by atoms with Crippen LogP contribution in [-0.4, -0.2) is 13.0 Å². The topological polar surface area (TPSA) is 41.1 Å². The smallest absolute Gasteiger partial charge is 0.221 e. The standard InChI is InChI=1S/C10H14N2O/c1-7-9(11-3)5-4-6-10(7)12-8(2)13/h4-6,11H,1-3H3,(H,12,13). The van der Waals surface area contributed by atoms with Crippen LogP contribution in [0.2, 0.25) is 0 Å². The number of hydrogen-bond acceptors (Lipinski definition) is 2. The highest BCUT2D eigenvalue weighted by Gasteiger charge is 2.02. The SMILES string of the molecule is CNc1cccc(NC(C)=O)c1C. The number of nitrogens with one attached hydrogen (secondary N) is 2. The van der Waals surface area contributed by atoms with Crippen LogP contribution in [0.15, 0.2) is 18.2 Å². The molecule has 0 heterocycles. The molecule has 0 fully saturated rings. The van der Waals surface area contributed by atoms with Gasteiger partial charge in [0, 0.05) is 25.3 Å². The van der Waals surface area contributed by atoms with Crippen molar-refractivity contribution in [3.05, 3.63) is 23.8 Å². The second-order valence-corrected chi connectivity index (χ2v) is 2.91. The van der Waals surface area contributed by atoms with Gasteiger partial charge in [-0.3, -0.25) is 4.79 Å². The van der Waals surface area contributed by atoms with E-state index in [-0.39, 0.29) is 5.91 Å². The zero-order valence-electron chi connectivity index (χ0n) is 8.14. The van der Waals surface area contributed by atoms with Crippen LogP contribution < -0.4 is 10.6 Å². The normalized spacial score (nSPS) is 9.46. The first-order valence-corrected chi connectivity index (χ1v) is 4.20. The van der Waals surface area contributed by atoms with Crippen molar-refractivity contribution in [2.75, 3.05) is 17.7 Å². The highest BCUT2D eigenvalue weighted by atomic mass is 16.1. The first-order chi connectivity index (χ1) is 6.15. The summed E-state index contributed by atoms with van der Waals surface area (Å²) in [5.41, 5.74) is 2.95. The van der Waals surface area contributed by atoms with E-state index in [1.54, 1.807) is 0 Å². The van der Waals surface area contributed by atoms with Crippen molar-refractivity contribution in [1.82, 2.24) is 0 Å². The van der Waals surface area contributed by atoms with Crippen molar-refractivity contribution in [3.63, 3.8) is 0 Å². The molecule has 1 amide bonds. The number of hydrogen-bond donors (Lipinski definition) is 2. The van der Waals surface area contributed by atoms with E-state index in [9.17, 15) is 4.79 Å². The van der Waals surface area contributed by atoms with Gasteiger partial charge in [0.2, 0.25) is 5.91 Å². The van der Waals surface area contributed by atoms with Crippen LogP contribution in [0.25, 0.3) is 0 Å². The lowest BCUT2D eigenvalue weighted by atomic mass is 10.1. The van der Waals surface area contributed by atoms with E-state index >= 15 is 0 Å². The molecule has 0 radical (unpaired) electrons. The molecule has 3 heteroatoms. The molecule has 0 aliphatic carbocycles. The molecule has 3 nitrogen and oxygen atoms in total. The van der Waals surface area contributed by atoms with Crippen molar-refractivity contribution < 1.29 is 4.79 Å². The summed E-state index contributed by atoms with van der Waals surface area (Å²) in [6.45, 7) is 3.47. The van der Waals surface area contributed by atoms with E-state index in [0.717, 1.165) is 16.9 Å². The summed E-state index contributed by atoms with van der Waals surface area (Å²) in [6.07, 6.45) is 0. The molecule has 0 unspecified atom stereocenters. The van der Waals surface area contributed by atoms with E-state index in [0.29, 0.717) is 0 Å². The maximum atomic E-state index is 10.8. The lowest BCUT2D eigenvalue weighted by Gasteiger charge is -2.10. The number of carbonyl (C=O) groups is 1. The summed E-state index contributed by atoms with van der Waals surface area (Å²) >= 11 is 0. The Morgan fingerprint density at radius 3 is 2.46 bits per heavy atom. The molecule has 0 atom stereocenters. The van der Waals surface area contributed by atoms with E-state index < -0.39 is 0 Å². The third-order valence-electron chi connectivity index (χ3n) is 1.91. The van der Waals surface area contributed by atoms with Gasteiger partial charge in [0.25, 0.3) is 0 Å². The lowest BCUT2D eigenvalue weighted by Crippen LogP contribution is -2.07. The first-order valence-electron chi connectivity index (χ1n) is 4.20. The molecule has 1 rings (SSSR count). The van der Waals surface area contributed by atoms with Gasteiger partial charge in [0.15, 0.2) is 0 Å². The Bertz CT molecular complexity index is 321. The van der Waals surface area contributed by atoms with Crippen LogP contribution in [0.1, 0.15) is 12.5 Å². The Kier molecular flexibility index (Phi) is 2.90. The van der Waals surface area contributed by atoms with Crippen molar-refractivity contribution in [3.8, 4) is 0 Å². The molecule has 13 heavy (non-hydrogen) atoms. The highest BCUT2D eigenvalue weighted by molar-refractivity contribution is 5.90. The molecule has 2 N–H and O–H groups in total. The molecule has 1 aromatic carbocycles. The van der Waals surface area contributed by atoms with Crippen LogP contribution >= 0.6 is 0 Å². The Balaban J connectivity index is 3.01. The minimum atomic E-state index is -0.0450. The zero-order chi connectivity index (χ0) is 9.84. The van der Waals surface area contributed by atoms with Crippen LogP contribution in [0, 0.1) is 6.92 Å². The summed E-state index contributed by atoms with van der Waals surface area (Å²) in [6, 6.07) is 5.77. The summed E-state index contributed by atoms with van der Waals surface area (Å²) in [7, 11) is 1.86. The molecular weight excluding hydrogens is 164 g/mol. The van der Waals surface area contributed by atoms with E-state index in [2.05, 4.69) is 10.6 Å². The lowest BCUT2D eigenvalue weighted by molar-refractivity contribution is -0.114. The maximum absolute atomic E-state index is 10.8. The maximum Gasteiger partial charge on any atom is 0.221 e. The van der Waals surface area contributed by atoms with Crippen LogP contribution in [0.3, 0.4) is 0 Å². The number of carbonyl (C=O) groups excluding carboxylic acids is 1. The predicted molar refractivity (Wildman–Crippen MR) is 55.0 cm³/mol. The average molecular weight is 178 g/mol. The fourth-order valence-electron chi connectivity index (χ4n) is 1.23. The second-order valence-electron chi connectivity index (χ2n) is 2.91. The summed E-state index contributed by atoms with van der Waals surface area (Å²) < 4.78 is 0. The van der Waals surface area contributed by atoms with E-state index in [4.69, 9.17) is 0 Å². The highest BCUT2D eigenvalue weighted by Crippen LogP contribution is 2.22. The quantitative estimate of drug-likeness (QED) is 0.727. The Morgan fingerprint density at radius 1 is 1.31 bits per heavy atom. The van der Waals surface area contributed by atoms with Gasteiger partial charge in [-0.25, -0.2) is 0 Å². The van der Waals surface area contributed by atoms with Gasteiger partial charge in [-0.15, -0.1) is 0 Å². The Hall–Kier alpha value is -1.51. The summed E-state index contributed by atoms with van der Waals surface area (Å²) in [5, 5.41) is 5.83. The van der Waals surface area contributed by atoms with Gasteiger partial charge in [-0.2, -0.15) is 0 Å².